The van der Waals surface area contributed by atoms with E-state index in [1.807, 2.05) is 13.8 Å². The lowest BCUT2D eigenvalue weighted by atomic mass is 10.2. The molecular formula is C11H19N5O3. The molecule has 0 unspecified atom stereocenters. The molecule has 0 bridgehead atoms. The first-order valence-corrected chi connectivity index (χ1v) is 5.87. The fraction of sp³-hybridized carbons (Fsp3) is 0.545. The second-order valence-corrected chi connectivity index (χ2v) is 4.73. The molecule has 5 N–H and O–H groups in total. The van der Waals surface area contributed by atoms with Crippen molar-refractivity contribution in [2.45, 2.75) is 20.4 Å². The van der Waals surface area contributed by atoms with E-state index in [1.54, 1.807) is 0 Å². The molecular weight excluding hydrogens is 250 g/mol. The third-order valence-corrected chi connectivity index (χ3v) is 2.57. The van der Waals surface area contributed by atoms with Crippen molar-refractivity contribution in [1.29, 1.82) is 0 Å². The van der Waals surface area contributed by atoms with Gasteiger partial charge in [0, 0.05) is 13.6 Å². The van der Waals surface area contributed by atoms with Crippen LogP contribution < -0.4 is 28.0 Å². The van der Waals surface area contributed by atoms with Crippen LogP contribution in [0.2, 0.25) is 0 Å². The lowest BCUT2D eigenvalue weighted by molar-refractivity contribution is -0.116. The first-order chi connectivity index (χ1) is 8.75. The van der Waals surface area contributed by atoms with Crippen LogP contribution in [0.3, 0.4) is 0 Å². The molecule has 0 radical (unpaired) electrons. The van der Waals surface area contributed by atoms with Gasteiger partial charge in [0.05, 0.1) is 6.54 Å². The Balaban J connectivity index is 3.39. The zero-order valence-electron chi connectivity index (χ0n) is 11.3. The van der Waals surface area contributed by atoms with Crippen LogP contribution in [0, 0.1) is 5.92 Å². The summed E-state index contributed by atoms with van der Waals surface area (Å²) in [6.45, 7) is 4.00. The van der Waals surface area contributed by atoms with Gasteiger partial charge >= 0.3 is 5.69 Å². The number of rotatable bonds is 5. The van der Waals surface area contributed by atoms with E-state index in [-0.39, 0.29) is 24.0 Å². The van der Waals surface area contributed by atoms with E-state index in [9.17, 15) is 14.4 Å². The molecule has 0 aliphatic carbocycles. The van der Waals surface area contributed by atoms with Gasteiger partial charge in [-0.25, -0.2) is 4.79 Å². The number of hydrogen-bond donors (Lipinski definition) is 3. The highest BCUT2D eigenvalue weighted by Crippen LogP contribution is 2.11. The average Bonchev–Trinajstić information content (AvgIpc) is 2.31. The topological polar surface area (TPSA) is 125 Å². The molecule has 0 aliphatic rings. The van der Waals surface area contributed by atoms with Gasteiger partial charge in [-0.05, 0) is 5.92 Å². The maximum Gasteiger partial charge on any atom is 0.332 e. The Morgan fingerprint density at radius 2 is 1.95 bits per heavy atom. The molecule has 8 nitrogen and oxygen atoms in total. The second kappa shape index (κ2) is 5.59. The van der Waals surface area contributed by atoms with Crippen LogP contribution in [0.5, 0.6) is 0 Å². The highest BCUT2D eigenvalue weighted by molar-refractivity contribution is 5.79. The molecule has 1 heterocycles. The number of carbonyl (C=O) groups is 1. The summed E-state index contributed by atoms with van der Waals surface area (Å²) in [5.74, 6) is -0.424. The summed E-state index contributed by atoms with van der Waals surface area (Å²) in [7, 11) is 1.36. The van der Waals surface area contributed by atoms with Crippen LogP contribution in [-0.4, -0.2) is 21.6 Å². The molecule has 1 rings (SSSR count). The van der Waals surface area contributed by atoms with Gasteiger partial charge in [-0.3, -0.25) is 18.7 Å². The zero-order valence-corrected chi connectivity index (χ0v) is 11.3. The maximum atomic E-state index is 12.0. The Morgan fingerprint density at radius 1 is 1.37 bits per heavy atom. The Hall–Kier alpha value is -2.25. The predicted molar refractivity (Wildman–Crippen MR) is 72.9 cm³/mol. The number of nitrogens with one attached hydrogen (secondary N) is 1. The minimum Gasteiger partial charge on any atom is -0.383 e. The first kappa shape index (κ1) is 14.8. The number of amides is 1. The number of carbonyl (C=O) groups excluding carboxylic acids is 1. The molecule has 8 heteroatoms. The summed E-state index contributed by atoms with van der Waals surface area (Å²) < 4.78 is 2.25. The molecule has 0 aliphatic heterocycles. The number of primary amides is 1. The van der Waals surface area contributed by atoms with E-state index in [2.05, 4.69) is 5.32 Å². The Bertz CT molecular complexity index is 600. The molecule has 1 aromatic rings. The Kier molecular flexibility index (Phi) is 4.36. The van der Waals surface area contributed by atoms with Crippen LogP contribution in [0.4, 0.5) is 11.5 Å². The number of aromatic nitrogens is 2. The van der Waals surface area contributed by atoms with Gasteiger partial charge in [-0.2, -0.15) is 0 Å². The highest BCUT2D eigenvalue weighted by atomic mass is 16.2. The standard InChI is InChI=1S/C11H19N5O3/c1-6(2)5-16-9(13)8(14-4-7(12)17)10(18)15(3)11(16)19/h6,14H,4-5,13H2,1-3H3,(H2,12,17). The molecule has 106 valence electrons. The van der Waals surface area contributed by atoms with Crippen molar-refractivity contribution in [3.63, 3.8) is 0 Å². The summed E-state index contributed by atoms with van der Waals surface area (Å²) in [4.78, 5) is 34.6. The van der Waals surface area contributed by atoms with Crippen LogP contribution >= 0.6 is 0 Å². The number of nitrogens with two attached hydrogens (primary N) is 2. The van der Waals surface area contributed by atoms with Gasteiger partial charge in [-0.15, -0.1) is 0 Å². The summed E-state index contributed by atoms with van der Waals surface area (Å²) in [5.41, 5.74) is 9.78. The van der Waals surface area contributed by atoms with Crippen molar-refractivity contribution in [3.8, 4) is 0 Å². The fourth-order valence-electron chi connectivity index (χ4n) is 1.67. The predicted octanol–water partition coefficient (Wildman–Crippen LogP) is -1.32. The van der Waals surface area contributed by atoms with Gasteiger partial charge < -0.3 is 16.8 Å². The SMILES string of the molecule is CC(C)Cn1c(N)c(NCC(N)=O)c(=O)n(C)c1=O. The summed E-state index contributed by atoms with van der Waals surface area (Å²) in [6, 6.07) is 0. The van der Waals surface area contributed by atoms with Crippen LogP contribution in [0.15, 0.2) is 9.59 Å². The van der Waals surface area contributed by atoms with E-state index in [4.69, 9.17) is 11.5 Å². The largest absolute Gasteiger partial charge is 0.383 e. The molecule has 0 atom stereocenters. The maximum absolute atomic E-state index is 12.0. The van der Waals surface area contributed by atoms with Crippen LogP contribution in [0.25, 0.3) is 0 Å². The zero-order chi connectivity index (χ0) is 14.7. The van der Waals surface area contributed by atoms with Crippen LogP contribution in [0.1, 0.15) is 13.8 Å². The number of nitrogen functional groups attached to an aromatic ring is 1. The molecule has 0 fully saturated rings. The molecule has 0 spiro atoms. The van der Waals surface area contributed by atoms with E-state index in [0.717, 1.165) is 4.57 Å². The van der Waals surface area contributed by atoms with Gasteiger partial charge in [-0.1, -0.05) is 13.8 Å². The lowest BCUT2D eigenvalue weighted by Gasteiger charge is -2.16. The number of hydrogen-bond acceptors (Lipinski definition) is 5. The monoisotopic (exact) mass is 269 g/mol. The molecule has 0 saturated heterocycles. The molecule has 19 heavy (non-hydrogen) atoms. The molecule has 0 aromatic carbocycles. The van der Waals surface area contributed by atoms with Crippen molar-refractivity contribution in [3.05, 3.63) is 20.8 Å². The van der Waals surface area contributed by atoms with Gasteiger partial charge in [0.1, 0.15) is 11.5 Å². The number of anilines is 2. The average molecular weight is 269 g/mol. The van der Waals surface area contributed by atoms with Crippen molar-refractivity contribution in [1.82, 2.24) is 9.13 Å². The summed E-state index contributed by atoms with van der Waals surface area (Å²) in [5, 5.41) is 2.57. The Labute approximate surface area is 110 Å². The molecule has 1 amide bonds. The minimum absolute atomic E-state index is 0.0153. The second-order valence-electron chi connectivity index (χ2n) is 4.73. The van der Waals surface area contributed by atoms with Crippen LogP contribution in [-0.2, 0) is 18.4 Å². The molecule has 1 aromatic heterocycles. The Morgan fingerprint density at radius 3 is 2.42 bits per heavy atom. The van der Waals surface area contributed by atoms with Gasteiger partial charge in [0.25, 0.3) is 5.56 Å². The molecule has 0 saturated carbocycles. The lowest BCUT2D eigenvalue weighted by Crippen LogP contribution is -2.42. The van der Waals surface area contributed by atoms with E-state index in [0.29, 0.717) is 6.54 Å². The van der Waals surface area contributed by atoms with E-state index < -0.39 is 17.2 Å². The normalized spacial score (nSPS) is 10.7. The van der Waals surface area contributed by atoms with Crippen molar-refractivity contribution in [2.75, 3.05) is 17.6 Å². The van der Waals surface area contributed by atoms with Gasteiger partial charge in [0.15, 0.2) is 0 Å². The quantitative estimate of drug-likeness (QED) is 0.611. The summed E-state index contributed by atoms with van der Waals surface area (Å²) >= 11 is 0. The van der Waals surface area contributed by atoms with Gasteiger partial charge in [0.2, 0.25) is 5.91 Å². The van der Waals surface area contributed by atoms with E-state index >= 15 is 0 Å². The third kappa shape index (κ3) is 3.15. The van der Waals surface area contributed by atoms with Crippen molar-refractivity contribution in [2.24, 2.45) is 18.7 Å². The summed E-state index contributed by atoms with van der Waals surface area (Å²) in [6.07, 6.45) is 0. The van der Waals surface area contributed by atoms with E-state index in [1.165, 1.54) is 11.6 Å². The smallest absolute Gasteiger partial charge is 0.332 e. The number of nitrogens with zero attached hydrogens (tertiary/aromatic N) is 2. The van der Waals surface area contributed by atoms with Crippen molar-refractivity contribution < 1.29 is 4.79 Å². The highest BCUT2D eigenvalue weighted by Gasteiger charge is 2.16. The fourth-order valence-corrected chi connectivity index (χ4v) is 1.67. The minimum atomic E-state index is -0.622. The first-order valence-electron chi connectivity index (χ1n) is 5.87. The third-order valence-electron chi connectivity index (χ3n) is 2.57. The van der Waals surface area contributed by atoms with Crippen molar-refractivity contribution >= 4 is 17.4 Å².